The quantitative estimate of drug-likeness (QED) is 0.650. The van der Waals surface area contributed by atoms with Crippen molar-refractivity contribution in [2.45, 2.75) is 6.54 Å². The van der Waals surface area contributed by atoms with Crippen molar-refractivity contribution >= 4 is 12.2 Å². The van der Waals surface area contributed by atoms with Gasteiger partial charge in [-0.1, -0.05) is 0 Å². The van der Waals surface area contributed by atoms with Crippen LogP contribution in [0, 0.1) is 4.77 Å². The number of methoxy groups -OCH3 is 1. The Morgan fingerprint density at radius 3 is 2.70 bits per heavy atom. The number of H-pyrrole nitrogens is 1. The molecule has 2 aromatic rings. The van der Waals surface area contributed by atoms with Gasteiger partial charge in [0.25, 0.3) is 5.56 Å². The molecule has 1 aromatic heterocycles. The van der Waals surface area contributed by atoms with Gasteiger partial charge in [0.2, 0.25) is 0 Å². The summed E-state index contributed by atoms with van der Waals surface area (Å²) in [7, 11) is 1.53. The van der Waals surface area contributed by atoms with Crippen molar-refractivity contribution in [1.29, 1.82) is 0 Å². The molecule has 0 spiro atoms. The number of aliphatic hydroxyl groups excluding tert-OH is 2. The minimum absolute atomic E-state index is 0.101. The first-order chi connectivity index (χ1) is 11.1. The number of nitrogens with one attached hydrogen (secondary N) is 1. The summed E-state index contributed by atoms with van der Waals surface area (Å²) in [5.74, 6) is 1.03. The first kappa shape index (κ1) is 17.2. The van der Waals surface area contributed by atoms with Crippen LogP contribution in [-0.4, -0.2) is 46.7 Å². The summed E-state index contributed by atoms with van der Waals surface area (Å²) in [6, 6.07) is 6.52. The normalized spacial score (nSPS) is 10.6. The van der Waals surface area contributed by atoms with Crippen LogP contribution in [0.1, 0.15) is 0 Å². The van der Waals surface area contributed by atoms with E-state index in [0.717, 1.165) is 0 Å². The highest BCUT2D eigenvalue weighted by molar-refractivity contribution is 7.71. The Labute approximate surface area is 137 Å². The smallest absolute Gasteiger partial charge is 0.252 e. The van der Waals surface area contributed by atoms with E-state index in [1.807, 2.05) is 0 Å². The second-order valence-corrected chi connectivity index (χ2v) is 5.02. The number of rotatable bonds is 7. The second-order valence-electron chi connectivity index (χ2n) is 4.63. The van der Waals surface area contributed by atoms with Crippen LogP contribution in [0.4, 0.5) is 0 Å². The van der Waals surface area contributed by atoms with Crippen molar-refractivity contribution in [3.05, 3.63) is 39.4 Å². The van der Waals surface area contributed by atoms with Gasteiger partial charge in [-0.05, 0) is 24.4 Å². The molecule has 0 saturated heterocycles. The Morgan fingerprint density at radius 1 is 1.26 bits per heavy atom. The maximum atomic E-state index is 11.8. The molecular weight excluding hydrogens is 320 g/mol. The molecule has 23 heavy (non-hydrogen) atoms. The number of hydrogen-bond acceptors (Lipinski definition) is 6. The Hall–Kier alpha value is -2.16. The molecule has 124 valence electrons. The molecule has 0 bridgehead atoms. The lowest BCUT2D eigenvalue weighted by Crippen LogP contribution is -2.16. The van der Waals surface area contributed by atoms with Crippen molar-refractivity contribution in [2.24, 2.45) is 0 Å². The monoisotopic (exact) mass is 338 g/mol. The first-order valence-corrected chi connectivity index (χ1v) is 7.38. The van der Waals surface area contributed by atoms with Crippen LogP contribution in [-0.2, 0) is 6.54 Å². The van der Waals surface area contributed by atoms with Gasteiger partial charge >= 0.3 is 0 Å². The van der Waals surface area contributed by atoms with E-state index in [-0.39, 0.29) is 36.7 Å². The maximum absolute atomic E-state index is 11.8. The molecule has 8 heteroatoms. The molecule has 0 aliphatic rings. The van der Waals surface area contributed by atoms with Gasteiger partial charge in [0.1, 0.15) is 18.1 Å². The van der Waals surface area contributed by atoms with Crippen LogP contribution in [0.5, 0.6) is 11.5 Å². The van der Waals surface area contributed by atoms with E-state index < -0.39 is 0 Å². The lowest BCUT2D eigenvalue weighted by atomic mass is 10.1. The Balaban J connectivity index is 2.65. The average molecular weight is 338 g/mol. The zero-order chi connectivity index (χ0) is 16.8. The number of ether oxygens (including phenoxy) is 2. The van der Waals surface area contributed by atoms with Gasteiger partial charge in [-0.15, -0.1) is 0 Å². The molecule has 0 atom stereocenters. The van der Waals surface area contributed by atoms with E-state index in [1.54, 1.807) is 22.8 Å². The van der Waals surface area contributed by atoms with E-state index in [0.29, 0.717) is 22.8 Å². The minimum Gasteiger partial charge on any atom is -0.497 e. The highest BCUT2D eigenvalue weighted by atomic mass is 32.1. The lowest BCUT2D eigenvalue weighted by molar-refractivity contribution is 0.201. The van der Waals surface area contributed by atoms with Gasteiger partial charge < -0.3 is 24.3 Å². The van der Waals surface area contributed by atoms with Crippen molar-refractivity contribution < 1.29 is 19.7 Å². The van der Waals surface area contributed by atoms with Gasteiger partial charge in [0.15, 0.2) is 4.77 Å². The molecule has 0 saturated carbocycles. The zero-order valence-corrected chi connectivity index (χ0v) is 13.4. The molecule has 1 heterocycles. The van der Waals surface area contributed by atoms with Crippen LogP contribution < -0.4 is 15.0 Å². The Morgan fingerprint density at radius 2 is 2.04 bits per heavy atom. The molecule has 3 N–H and O–H groups in total. The number of aromatic amines is 1. The molecule has 0 amide bonds. The van der Waals surface area contributed by atoms with Crippen molar-refractivity contribution in [2.75, 3.05) is 26.9 Å². The second kappa shape index (κ2) is 7.91. The van der Waals surface area contributed by atoms with Crippen LogP contribution in [0.3, 0.4) is 0 Å². The minimum atomic E-state index is -0.344. The molecule has 0 radical (unpaired) electrons. The molecule has 0 unspecified atom stereocenters. The first-order valence-electron chi connectivity index (χ1n) is 6.97. The number of benzene rings is 1. The number of aromatic nitrogens is 2. The third-order valence-electron chi connectivity index (χ3n) is 3.17. The summed E-state index contributed by atoms with van der Waals surface area (Å²) in [6.07, 6.45) is 0. The lowest BCUT2D eigenvalue weighted by Gasteiger charge is -2.16. The zero-order valence-electron chi connectivity index (χ0n) is 12.6. The summed E-state index contributed by atoms with van der Waals surface area (Å²) < 4.78 is 12.5. The summed E-state index contributed by atoms with van der Waals surface area (Å²) in [6.45, 7) is 0.0613. The Kier molecular flexibility index (Phi) is 5.91. The van der Waals surface area contributed by atoms with E-state index in [1.165, 1.54) is 13.2 Å². The number of hydrogen-bond donors (Lipinski definition) is 3. The fraction of sp³-hybridized carbons (Fsp3) is 0.333. The molecule has 2 rings (SSSR count). The summed E-state index contributed by atoms with van der Waals surface area (Å²) in [5, 5.41) is 18.2. The molecule has 0 aliphatic heterocycles. The summed E-state index contributed by atoms with van der Waals surface area (Å²) in [5.41, 5.74) is 0.788. The van der Waals surface area contributed by atoms with Crippen LogP contribution >= 0.6 is 12.2 Å². The number of nitrogens with zero attached hydrogens (tertiary/aromatic N) is 1. The van der Waals surface area contributed by atoms with E-state index >= 15 is 0 Å². The van der Waals surface area contributed by atoms with Crippen LogP contribution in [0.15, 0.2) is 29.1 Å². The van der Waals surface area contributed by atoms with Crippen molar-refractivity contribution in [1.82, 2.24) is 9.55 Å². The van der Waals surface area contributed by atoms with Gasteiger partial charge in [0, 0.05) is 24.2 Å². The van der Waals surface area contributed by atoms with Crippen LogP contribution in [0.25, 0.3) is 11.3 Å². The standard InChI is InChI=1S/C15H18N2O5S/c1-21-10-2-3-11(13(8-10)22-7-6-19)12-9-14(20)16-15(23)17(12)4-5-18/h2-3,8-9,18-19H,4-7H2,1H3,(H,16,20,23). The third kappa shape index (κ3) is 3.98. The Bertz CT molecular complexity index is 784. The van der Waals surface area contributed by atoms with Gasteiger partial charge in [0.05, 0.1) is 26.0 Å². The van der Waals surface area contributed by atoms with Crippen molar-refractivity contribution in [3.63, 3.8) is 0 Å². The SMILES string of the molecule is COc1ccc(-c2cc(=O)[nH]c(=S)n2CCO)c(OCCO)c1. The predicted octanol–water partition coefficient (Wildman–Crippen LogP) is 0.945. The highest BCUT2D eigenvalue weighted by Crippen LogP contribution is 2.33. The molecular formula is C15H18N2O5S. The van der Waals surface area contributed by atoms with Gasteiger partial charge in [-0.2, -0.15) is 0 Å². The maximum Gasteiger partial charge on any atom is 0.252 e. The molecule has 0 fully saturated rings. The van der Waals surface area contributed by atoms with Crippen molar-refractivity contribution in [3.8, 4) is 22.8 Å². The number of aliphatic hydroxyl groups is 2. The topological polar surface area (TPSA) is 96.7 Å². The average Bonchev–Trinajstić information content (AvgIpc) is 2.55. The summed E-state index contributed by atoms with van der Waals surface area (Å²) >= 11 is 5.16. The van der Waals surface area contributed by atoms with E-state index in [4.69, 9.17) is 26.8 Å². The van der Waals surface area contributed by atoms with Gasteiger partial charge in [-0.25, -0.2) is 0 Å². The van der Waals surface area contributed by atoms with Gasteiger partial charge in [-0.3, -0.25) is 9.78 Å². The predicted molar refractivity (Wildman–Crippen MR) is 87.5 cm³/mol. The molecule has 7 nitrogen and oxygen atoms in total. The van der Waals surface area contributed by atoms with E-state index in [9.17, 15) is 9.90 Å². The third-order valence-corrected chi connectivity index (χ3v) is 3.49. The fourth-order valence-electron chi connectivity index (χ4n) is 2.18. The largest absolute Gasteiger partial charge is 0.497 e. The highest BCUT2D eigenvalue weighted by Gasteiger charge is 2.13. The summed E-state index contributed by atoms with van der Waals surface area (Å²) in [4.78, 5) is 14.3. The fourth-order valence-corrected chi connectivity index (χ4v) is 2.47. The van der Waals surface area contributed by atoms with E-state index in [2.05, 4.69) is 4.98 Å². The van der Waals surface area contributed by atoms with Crippen LogP contribution in [0.2, 0.25) is 0 Å². The molecule has 1 aromatic carbocycles. The molecule has 0 aliphatic carbocycles.